The fraction of sp³-hybridized carbons (Fsp3) is 0.833. The number of nitrogens with one attached hydrogen (secondary N) is 1. The number of nitrogens with zero attached hydrogens (tertiary/aromatic N) is 3. The predicted molar refractivity (Wildman–Crippen MR) is 65.5 cm³/mol. The topological polar surface area (TPSA) is 63.0 Å². The molecule has 1 fully saturated rings. The molecule has 2 N–H and O–H groups in total. The van der Waals surface area contributed by atoms with Crippen LogP contribution in [0.1, 0.15) is 50.9 Å². The van der Waals surface area contributed by atoms with Gasteiger partial charge in [-0.1, -0.05) is 19.3 Å². The second-order valence-electron chi connectivity index (χ2n) is 5.19. The maximum absolute atomic E-state index is 10.4. The Labute approximate surface area is 102 Å². The Morgan fingerprint density at radius 2 is 2.18 bits per heavy atom. The van der Waals surface area contributed by atoms with Crippen molar-refractivity contribution in [1.29, 1.82) is 0 Å². The normalized spacial score (nSPS) is 21.4. The van der Waals surface area contributed by atoms with Crippen LogP contribution in [0.15, 0.2) is 6.33 Å². The average molecular weight is 238 g/mol. The fourth-order valence-corrected chi connectivity index (χ4v) is 2.51. The molecule has 1 heterocycles. The summed E-state index contributed by atoms with van der Waals surface area (Å²) >= 11 is 0. The molecule has 1 aliphatic carbocycles. The van der Waals surface area contributed by atoms with Gasteiger partial charge in [0.05, 0.1) is 11.6 Å². The van der Waals surface area contributed by atoms with Crippen LogP contribution in [-0.2, 0) is 7.05 Å². The van der Waals surface area contributed by atoms with Crippen LogP contribution in [0.4, 0.5) is 0 Å². The lowest BCUT2D eigenvalue weighted by atomic mass is 9.85. The molecule has 0 radical (unpaired) electrons. The molecule has 0 bridgehead atoms. The lowest BCUT2D eigenvalue weighted by Crippen LogP contribution is -2.43. The zero-order valence-electron chi connectivity index (χ0n) is 10.7. The minimum atomic E-state index is -0.523. The summed E-state index contributed by atoms with van der Waals surface area (Å²) in [5.41, 5.74) is -0.523. The molecule has 1 unspecified atom stereocenters. The Kier molecular flexibility index (Phi) is 3.79. The van der Waals surface area contributed by atoms with Gasteiger partial charge in [0, 0.05) is 13.6 Å². The van der Waals surface area contributed by atoms with Gasteiger partial charge in [0.1, 0.15) is 12.2 Å². The second-order valence-corrected chi connectivity index (χ2v) is 5.19. The first-order valence-corrected chi connectivity index (χ1v) is 6.40. The van der Waals surface area contributed by atoms with E-state index in [2.05, 4.69) is 22.4 Å². The molecular formula is C12H22N4O. The summed E-state index contributed by atoms with van der Waals surface area (Å²) in [5, 5.41) is 21.7. The highest BCUT2D eigenvalue weighted by molar-refractivity contribution is 4.94. The van der Waals surface area contributed by atoms with Gasteiger partial charge in [0.15, 0.2) is 0 Å². The van der Waals surface area contributed by atoms with Gasteiger partial charge in [0.2, 0.25) is 0 Å². The van der Waals surface area contributed by atoms with Crippen molar-refractivity contribution in [3.05, 3.63) is 12.2 Å². The minimum Gasteiger partial charge on any atom is -0.389 e. The second kappa shape index (κ2) is 5.14. The Bertz CT molecular complexity index is 357. The third-order valence-electron chi connectivity index (χ3n) is 3.66. The number of aromatic nitrogens is 3. The van der Waals surface area contributed by atoms with Gasteiger partial charge < -0.3 is 15.0 Å². The van der Waals surface area contributed by atoms with Gasteiger partial charge in [-0.05, 0) is 19.8 Å². The van der Waals surface area contributed by atoms with Crippen molar-refractivity contribution in [1.82, 2.24) is 20.1 Å². The summed E-state index contributed by atoms with van der Waals surface area (Å²) in [6.45, 7) is 2.69. The summed E-state index contributed by atoms with van der Waals surface area (Å²) < 4.78 is 1.91. The van der Waals surface area contributed by atoms with Crippen LogP contribution < -0.4 is 5.32 Å². The Morgan fingerprint density at radius 3 is 2.76 bits per heavy atom. The molecule has 0 aromatic carbocycles. The smallest absolute Gasteiger partial charge is 0.149 e. The fourth-order valence-electron chi connectivity index (χ4n) is 2.51. The quantitative estimate of drug-likeness (QED) is 0.826. The molecule has 0 saturated heterocycles. The van der Waals surface area contributed by atoms with Crippen molar-refractivity contribution in [2.45, 2.75) is 50.7 Å². The van der Waals surface area contributed by atoms with E-state index in [9.17, 15) is 5.11 Å². The number of hydrogen-bond acceptors (Lipinski definition) is 4. The van der Waals surface area contributed by atoms with Crippen molar-refractivity contribution in [3.63, 3.8) is 0 Å². The molecule has 5 heteroatoms. The standard InChI is InChI=1S/C12H22N4O/c1-10(11-15-14-9-16(11)2)13-8-12(17)6-4-3-5-7-12/h9-10,13,17H,3-8H2,1-2H3. The first kappa shape index (κ1) is 12.5. The van der Waals surface area contributed by atoms with Gasteiger partial charge in [-0.25, -0.2) is 0 Å². The zero-order chi connectivity index (χ0) is 12.3. The lowest BCUT2D eigenvalue weighted by molar-refractivity contribution is 0.00275. The maximum Gasteiger partial charge on any atom is 0.149 e. The van der Waals surface area contributed by atoms with Crippen LogP contribution in [0.5, 0.6) is 0 Å². The summed E-state index contributed by atoms with van der Waals surface area (Å²) in [6.07, 6.45) is 7.04. The summed E-state index contributed by atoms with van der Waals surface area (Å²) in [5.74, 6) is 0.907. The van der Waals surface area contributed by atoms with Crippen LogP contribution in [0, 0.1) is 0 Å². The van der Waals surface area contributed by atoms with Crippen molar-refractivity contribution in [2.75, 3.05) is 6.54 Å². The summed E-state index contributed by atoms with van der Waals surface area (Å²) in [4.78, 5) is 0. The SMILES string of the molecule is CC(NCC1(O)CCCCC1)c1nncn1C. The first-order valence-electron chi connectivity index (χ1n) is 6.40. The van der Waals surface area contributed by atoms with Crippen molar-refractivity contribution in [3.8, 4) is 0 Å². The molecule has 0 aliphatic heterocycles. The molecule has 1 aliphatic rings. The molecule has 1 aromatic heterocycles. The molecule has 1 aromatic rings. The van der Waals surface area contributed by atoms with E-state index in [-0.39, 0.29) is 6.04 Å². The molecular weight excluding hydrogens is 216 g/mol. The highest BCUT2D eigenvalue weighted by Gasteiger charge is 2.29. The molecule has 1 saturated carbocycles. The third-order valence-corrected chi connectivity index (χ3v) is 3.66. The Balaban J connectivity index is 1.87. The Hall–Kier alpha value is -0.940. The third kappa shape index (κ3) is 3.04. The molecule has 17 heavy (non-hydrogen) atoms. The van der Waals surface area contributed by atoms with Crippen LogP contribution in [-0.4, -0.2) is 32.0 Å². The van der Waals surface area contributed by atoms with Crippen LogP contribution >= 0.6 is 0 Å². The minimum absolute atomic E-state index is 0.119. The monoisotopic (exact) mass is 238 g/mol. The first-order chi connectivity index (χ1) is 8.11. The molecule has 0 spiro atoms. The number of aliphatic hydroxyl groups is 1. The predicted octanol–water partition coefficient (Wildman–Crippen LogP) is 1.16. The number of aryl methyl sites for hydroxylation is 1. The summed E-state index contributed by atoms with van der Waals surface area (Å²) in [6, 6.07) is 0.119. The van der Waals surface area contributed by atoms with E-state index in [0.29, 0.717) is 6.54 Å². The highest BCUT2D eigenvalue weighted by atomic mass is 16.3. The van der Waals surface area contributed by atoms with Crippen LogP contribution in [0.2, 0.25) is 0 Å². The van der Waals surface area contributed by atoms with E-state index in [1.807, 2.05) is 11.6 Å². The van der Waals surface area contributed by atoms with Gasteiger partial charge in [-0.2, -0.15) is 0 Å². The molecule has 5 nitrogen and oxygen atoms in total. The van der Waals surface area contributed by atoms with Crippen molar-refractivity contribution < 1.29 is 5.11 Å². The van der Waals surface area contributed by atoms with Crippen LogP contribution in [0.3, 0.4) is 0 Å². The summed E-state index contributed by atoms with van der Waals surface area (Å²) in [7, 11) is 1.93. The number of rotatable bonds is 4. The van der Waals surface area contributed by atoms with Crippen molar-refractivity contribution >= 4 is 0 Å². The average Bonchev–Trinajstić information content (AvgIpc) is 2.74. The van der Waals surface area contributed by atoms with Gasteiger partial charge >= 0.3 is 0 Å². The van der Waals surface area contributed by atoms with E-state index in [1.165, 1.54) is 6.42 Å². The molecule has 2 rings (SSSR count). The van der Waals surface area contributed by atoms with E-state index in [4.69, 9.17) is 0 Å². The Morgan fingerprint density at radius 1 is 1.47 bits per heavy atom. The van der Waals surface area contributed by atoms with Gasteiger partial charge in [0.25, 0.3) is 0 Å². The molecule has 1 atom stereocenters. The van der Waals surface area contributed by atoms with Gasteiger partial charge in [-0.3, -0.25) is 0 Å². The largest absolute Gasteiger partial charge is 0.389 e. The van der Waals surface area contributed by atoms with E-state index < -0.39 is 5.60 Å². The van der Waals surface area contributed by atoms with E-state index >= 15 is 0 Å². The zero-order valence-corrected chi connectivity index (χ0v) is 10.7. The van der Waals surface area contributed by atoms with Gasteiger partial charge in [-0.15, -0.1) is 10.2 Å². The maximum atomic E-state index is 10.4. The molecule has 0 amide bonds. The highest BCUT2D eigenvalue weighted by Crippen LogP contribution is 2.27. The number of hydrogen-bond donors (Lipinski definition) is 2. The van der Waals surface area contributed by atoms with E-state index in [0.717, 1.165) is 31.5 Å². The van der Waals surface area contributed by atoms with Crippen molar-refractivity contribution in [2.24, 2.45) is 7.05 Å². The van der Waals surface area contributed by atoms with Crippen LogP contribution in [0.25, 0.3) is 0 Å². The van der Waals surface area contributed by atoms with E-state index in [1.54, 1.807) is 6.33 Å². The molecule has 96 valence electrons. The lowest BCUT2D eigenvalue weighted by Gasteiger charge is -2.33.